The number of nitriles is 1. The summed E-state index contributed by atoms with van der Waals surface area (Å²) in [5.41, 5.74) is 2.27. The molecule has 27 heavy (non-hydrogen) atoms. The van der Waals surface area contributed by atoms with Crippen molar-refractivity contribution in [2.24, 2.45) is 11.3 Å². The Kier molecular flexibility index (Phi) is 5.86. The first kappa shape index (κ1) is 20.2. The molecule has 0 fully saturated rings. The predicted octanol–water partition coefficient (Wildman–Crippen LogP) is 6.72. The Hall–Kier alpha value is -1.54. The van der Waals surface area contributed by atoms with Gasteiger partial charge in [0.2, 0.25) is 0 Å². The molecular formula is C21H22Cl2N2OS. The summed E-state index contributed by atoms with van der Waals surface area (Å²) >= 11 is 13.6. The fourth-order valence-electron chi connectivity index (χ4n) is 3.59. The first-order chi connectivity index (χ1) is 12.8. The molecule has 1 atom stereocenters. The molecule has 6 heteroatoms. The molecular weight excluding hydrogens is 399 g/mol. The quantitative estimate of drug-likeness (QED) is 0.596. The van der Waals surface area contributed by atoms with Crippen LogP contribution in [0.2, 0.25) is 10.0 Å². The molecule has 1 aromatic heterocycles. The molecule has 0 saturated carbocycles. The summed E-state index contributed by atoms with van der Waals surface area (Å²) in [7, 11) is 0. The lowest BCUT2D eigenvalue weighted by molar-refractivity contribution is 0.102. The SMILES string of the molecule is CCC(C)(C)[C@H]1CCc2c(sc(NC(=O)c3cc(Cl)ccc3Cl)c2C#N)C1. The van der Waals surface area contributed by atoms with E-state index in [1.807, 2.05) is 0 Å². The maximum Gasteiger partial charge on any atom is 0.257 e. The smallest absolute Gasteiger partial charge is 0.257 e. The summed E-state index contributed by atoms with van der Waals surface area (Å²) < 4.78 is 0. The number of carbonyl (C=O) groups is 1. The van der Waals surface area contributed by atoms with Crippen LogP contribution in [0, 0.1) is 22.7 Å². The van der Waals surface area contributed by atoms with Gasteiger partial charge in [-0.15, -0.1) is 11.3 Å². The van der Waals surface area contributed by atoms with Crippen LogP contribution in [0.5, 0.6) is 0 Å². The second kappa shape index (κ2) is 7.83. The van der Waals surface area contributed by atoms with Crippen molar-refractivity contribution in [1.82, 2.24) is 0 Å². The summed E-state index contributed by atoms with van der Waals surface area (Å²) in [6, 6.07) is 7.07. The van der Waals surface area contributed by atoms with Crippen molar-refractivity contribution in [3.63, 3.8) is 0 Å². The highest BCUT2D eigenvalue weighted by Crippen LogP contribution is 2.45. The predicted molar refractivity (Wildman–Crippen MR) is 113 cm³/mol. The Balaban J connectivity index is 1.89. The van der Waals surface area contributed by atoms with Crippen LogP contribution in [0.15, 0.2) is 18.2 Å². The number of anilines is 1. The van der Waals surface area contributed by atoms with Gasteiger partial charge in [0.1, 0.15) is 11.1 Å². The minimum atomic E-state index is -0.344. The van der Waals surface area contributed by atoms with Gasteiger partial charge in [0.05, 0.1) is 16.1 Å². The van der Waals surface area contributed by atoms with E-state index >= 15 is 0 Å². The Morgan fingerprint density at radius 1 is 1.41 bits per heavy atom. The van der Waals surface area contributed by atoms with Crippen molar-refractivity contribution >= 4 is 45.4 Å². The zero-order valence-electron chi connectivity index (χ0n) is 15.7. The molecule has 0 aliphatic heterocycles. The molecule has 0 saturated heterocycles. The van der Waals surface area contributed by atoms with Gasteiger partial charge in [-0.3, -0.25) is 4.79 Å². The first-order valence-electron chi connectivity index (χ1n) is 9.07. The highest BCUT2D eigenvalue weighted by atomic mass is 35.5. The Morgan fingerprint density at radius 3 is 2.81 bits per heavy atom. The van der Waals surface area contributed by atoms with E-state index in [9.17, 15) is 10.1 Å². The first-order valence-corrected chi connectivity index (χ1v) is 10.6. The van der Waals surface area contributed by atoms with Gasteiger partial charge in [-0.25, -0.2) is 0 Å². The monoisotopic (exact) mass is 420 g/mol. The summed E-state index contributed by atoms with van der Waals surface area (Å²) in [6.07, 6.45) is 4.05. The molecule has 3 nitrogen and oxygen atoms in total. The van der Waals surface area contributed by atoms with Gasteiger partial charge in [0.25, 0.3) is 5.91 Å². The van der Waals surface area contributed by atoms with Gasteiger partial charge in [0.15, 0.2) is 0 Å². The fourth-order valence-corrected chi connectivity index (χ4v) is 5.24. The lowest BCUT2D eigenvalue weighted by atomic mass is 9.69. The molecule has 2 aromatic rings. The zero-order valence-corrected chi connectivity index (χ0v) is 18.0. The highest BCUT2D eigenvalue weighted by molar-refractivity contribution is 7.16. The van der Waals surface area contributed by atoms with Crippen molar-refractivity contribution in [2.45, 2.75) is 46.5 Å². The van der Waals surface area contributed by atoms with Crippen LogP contribution in [-0.4, -0.2) is 5.91 Å². The van der Waals surface area contributed by atoms with E-state index in [4.69, 9.17) is 23.2 Å². The topological polar surface area (TPSA) is 52.9 Å². The van der Waals surface area contributed by atoms with E-state index < -0.39 is 0 Å². The lowest BCUT2D eigenvalue weighted by Crippen LogP contribution is -2.28. The van der Waals surface area contributed by atoms with Crippen LogP contribution in [0.25, 0.3) is 0 Å². The number of hydrogen-bond acceptors (Lipinski definition) is 3. The van der Waals surface area contributed by atoms with E-state index in [-0.39, 0.29) is 11.3 Å². The lowest BCUT2D eigenvalue weighted by Gasteiger charge is -2.36. The molecule has 1 heterocycles. The van der Waals surface area contributed by atoms with Crippen molar-refractivity contribution in [3.8, 4) is 6.07 Å². The molecule has 1 N–H and O–H groups in total. The molecule has 1 aliphatic rings. The number of thiophene rings is 1. The van der Waals surface area contributed by atoms with Gasteiger partial charge in [-0.2, -0.15) is 5.26 Å². The Labute approximate surface area is 174 Å². The number of halogens is 2. The molecule has 1 aliphatic carbocycles. The fraction of sp³-hybridized carbons (Fsp3) is 0.429. The number of hydrogen-bond donors (Lipinski definition) is 1. The number of rotatable bonds is 4. The summed E-state index contributed by atoms with van der Waals surface area (Å²) in [4.78, 5) is 13.9. The number of nitrogens with one attached hydrogen (secondary N) is 1. The molecule has 3 rings (SSSR count). The molecule has 1 amide bonds. The van der Waals surface area contributed by atoms with E-state index in [2.05, 4.69) is 32.2 Å². The Morgan fingerprint density at radius 2 is 2.15 bits per heavy atom. The molecule has 1 aromatic carbocycles. The molecule has 0 unspecified atom stereocenters. The summed E-state index contributed by atoms with van der Waals surface area (Å²) in [6.45, 7) is 6.85. The van der Waals surface area contributed by atoms with E-state index in [0.29, 0.717) is 32.1 Å². The largest absolute Gasteiger partial charge is 0.312 e. The second-order valence-corrected chi connectivity index (χ2v) is 9.63. The van der Waals surface area contributed by atoms with Gasteiger partial charge in [-0.05, 0) is 54.4 Å². The van der Waals surface area contributed by atoms with Crippen LogP contribution in [0.4, 0.5) is 5.00 Å². The van der Waals surface area contributed by atoms with Crippen molar-refractivity contribution < 1.29 is 4.79 Å². The summed E-state index contributed by atoms with van der Waals surface area (Å²) in [5.74, 6) is 0.245. The average Bonchev–Trinajstić information content (AvgIpc) is 2.99. The number of benzene rings is 1. The molecule has 0 radical (unpaired) electrons. The zero-order chi connectivity index (χ0) is 19.8. The third-order valence-corrected chi connectivity index (χ3v) is 7.53. The number of fused-ring (bicyclic) bond motifs is 1. The van der Waals surface area contributed by atoms with Crippen LogP contribution < -0.4 is 5.32 Å². The molecule has 0 spiro atoms. The average molecular weight is 421 g/mol. The van der Waals surface area contributed by atoms with Gasteiger partial charge >= 0.3 is 0 Å². The van der Waals surface area contributed by atoms with Gasteiger partial charge in [-0.1, -0.05) is 50.4 Å². The minimum absolute atomic E-state index is 0.270. The van der Waals surface area contributed by atoms with Gasteiger partial charge in [0, 0.05) is 9.90 Å². The van der Waals surface area contributed by atoms with Crippen molar-refractivity contribution in [3.05, 3.63) is 49.8 Å². The van der Waals surface area contributed by atoms with Crippen molar-refractivity contribution in [2.75, 3.05) is 5.32 Å². The van der Waals surface area contributed by atoms with E-state index in [1.165, 1.54) is 16.2 Å². The van der Waals surface area contributed by atoms with Gasteiger partial charge < -0.3 is 5.32 Å². The van der Waals surface area contributed by atoms with Crippen LogP contribution in [-0.2, 0) is 12.8 Å². The number of nitrogens with zero attached hydrogens (tertiary/aromatic N) is 1. The third-order valence-electron chi connectivity index (χ3n) is 5.79. The van der Waals surface area contributed by atoms with Crippen LogP contribution in [0.1, 0.15) is 60.0 Å². The van der Waals surface area contributed by atoms with E-state index in [0.717, 1.165) is 31.2 Å². The normalized spacial score (nSPS) is 16.5. The molecule has 0 bridgehead atoms. The minimum Gasteiger partial charge on any atom is -0.312 e. The number of carbonyl (C=O) groups excluding carboxylic acids is 1. The summed E-state index contributed by atoms with van der Waals surface area (Å²) in [5, 5.41) is 13.9. The maximum absolute atomic E-state index is 12.7. The van der Waals surface area contributed by atoms with E-state index in [1.54, 1.807) is 18.2 Å². The van der Waals surface area contributed by atoms with Crippen LogP contribution in [0.3, 0.4) is 0 Å². The second-order valence-electron chi connectivity index (χ2n) is 7.68. The third kappa shape index (κ3) is 4.01. The number of amides is 1. The standard InChI is InChI=1S/C21H22Cl2N2OS/c1-4-21(2,3)12-5-7-14-16(11-24)20(27-18(14)9-12)25-19(26)15-10-13(22)6-8-17(15)23/h6,8,10,12H,4-5,7,9H2,1-3H3,(H,25,26)/t12-/m0/s1. The molecule has 142 valence electrons. The maximum atomic E-state index is 12.7. The highest BCUT2D eigenvalue weighted by Gasteiger charge is 2.34. The Bertz CT molecular complexity index is 927. The van der Waals surface area contributed by atoms with Crippen molar-refractivity contribution in [1.29, 1.82) is 5.26 Å². The van der Waals surface area contributed by atoms with Crippen LogP contribution >= 0.6 is 34.5 Å².